The maximum absolute atomic E-state index is 12.9. The van der Waals surface area contributed by atoms with Crippen LogP contribution in [0.2, 0.25) is 0 Å². The van der Waals surface area contributed by atoms with Crippen LogP contribution in [0.5, 0.6) is 0 Å². The monoisotopic (exact) mass is 463 g/mol. The molecule has 0 aliphatic carbocycles. The number of hydrogen-bond acceptors (Lipinski definition) is 5. The SMILES string of the molecule is CCOC(=O)c1ccn(-c2cccc(NC(=O)C(NC(=O)NCc3ccccc3)C(C)C)c2)n1. The van der Waals surface area contributed by atoms with Gasteiger partial charge in [0.25, 0.3) is 0 Å². The van der Waals surface area contributed by atoms with Crippen LogP contribution in [0.1, 0.15) is 36.8 Å². The Bertz CT molecular complexity index is 1130. The number of carbonyl (C=O) groups is 3. The quantitative estimate of drug-likeness (QED) is 0.420. The van der Waals surface area contributed by atoms with Gasteiger partial charge in [-0.3, -0.25) is 4.79 Å². The van der Waals surface area contributed by atoms with E-state index in [1.165, 1.54) is 4.68 Å². The van der Waals surface area contributed by atoms with Crippen molar-refractivity contribution in [3.8, 4) is 5.69 Å². The Labute approximate surface area is 198 Å². The molecular weight excluding hydrogens is 434 g/mol. The second kappa shape index (κ2) is 11.6. The summed E-state index contributed by atoms with van der Waals surface area (Å²) in [6.07, 6.45) is 1.64. The van der Waals surface area contributed by atoms with Gasteiger partial charge in [0.1, 0.15) is 6.04 Å². The van der Waals surface area contributed by atoms with Crippen molar-refractivity contribution in [1.82, 2.24) is 20.4 Å². The van der Waals surface area contributed by atoms with Crippen molar-refractivity contribution in [1.29, 1.82) is 0 Å². The number of nitrogens with zero attached hydrogens (tertiary/aromatic N) is 2. The number of ether oxygens (including phenoxy) is 1. The summed E-state index contributed by atoms with van der Waals surface area (Å²) < 4.78 is 6.49. The van der Waals surface area contributed by atoms with Crippen molar-refractivity contribution in [3.05, 3.63) is 78.1 Å². The summed E-state index contributed by atoms with van der Waals surface area (Å²) in [7, 11) is 0. The maximum atomic E-state index is 12.9. The van der Waals surface area contributed by atoms with Gasteiger partial charge in [-0.05, 0) is 42.7 Å². The average Bonchev–Trinajstić information content (AvgIpc) is 3.32. The summed E-state index contributed by atoms with van der Waals surface area (Å²) in [6.45, 7) is 6.08. The van der Waals surface area contributed by atoms with Gasteiger partial charge < -0.3 is 20.7 Å². The topological polar surface area (TPSA) is 114 Å². The molecule has 0 saturated heterocycles. The van der Waals surface area contributed by atoms with Crippen LogP contribution in [-0.4, -0.2) is 40.3 Å². The molecule has 3 rings (SSSR count). The second-order valence-corrected chi connectivity index (χ2v) is 7.94. The van der Waals surface area contributed by atoms with Crippen molar-refractivity contribution < 1.29 is 19.1 Å². The van der Waals surface area contributed by atoms with Crippen molar-refractivity contribution >= 4 is 23.6 Å². The van der Waals surface area contributed by atoms with E-state index >= 15 is 0 Å². The molecule has 0 aliphatic rings. The smallest absolute Gasteiger partial charge is 0.358 e. The molecule has 34 heavy (non-hydrogen) atoms. The number of rotatable bonds is 9. The zero-order valence-corrected chi connectivity index (χ0v) is 19.4. The molecule has 0 aliphatic heterocycles. The highest BCUT2D eigenvalue weighted by Crippen LogP contribution is 2.16. The van der Waals surface area contributed by atoms with Gasteiger partial charge in [0.15, 0.2) is 5.69 Å². The second-order valence-electron chi connectivity index (χ2n) is 7.94. The molecule has 178 valence electrons. The van der Waals surface area contributed by atoms with Crippen molar-refractivity contribution in [2.45, 2.75) is 33.4 Å². The van der Waals surface area contributed by atoms with Crippen LogP contribution in [0.3, 0.4) is 0 Å². The van der Waals surface area contributed by atoms with E-state index in [-0.39, 0.29) is 24.1 Å². The summed E-state index contributed by atoms with van der Waals surface area (Å²) in [5.74, 6) is -0.972. The lowest BCUT2D eigenvalue weighted by molar-refractivity contribution is -0.118. The molecule has 3 N–H and O–H groups in total. The molecule has 1 unspecified atom stereocenters. The largest absolute Gasteiger partial charge is 0.461 e. The molecule has 3 aromatic rings. The van der Waals surface area contributed by atoms with E-state index in [9.17, 15) is 14.4 Å². The van der Waals surface area contributed by atoms with Gasteiger partial charge in [-0.1, -0.05) is 50.2 Å². The van der Waals surface area contributed by atoms with Crippen LogP contribution in [0, 0.1) is 5.92 Å². The van der Waals surface area contributed by atoms with Gasteiger partial charge in [-0.2, -0.15) is 5.10 Å². The third kappa shape index (κ3) is 6.68. The van der Waals surface area contributed by atoms with E-state index in [0.717, 1.165) is 5.56 Å². The molecule has 1 aromatic heterocycles. The highest BCUT2D eigenvalue weighted by Gasteiger charge is 2.24. The molecule has 9 heteroatoms. The van der Waals surface area contributed by atoms with Gasteiger partial charge in [-0.15, -0.1) is 0 Å². The van der Waals surface area contributed by atoms with E-state index in [1.54, 1.807) is 43.5 Å². The van der Waals surface area contributed by atoms with Crippen molar-refractivity contribution in [3.63, 3.8) is 0 Å². The molecule has 0 radical (unpaired) electrons. The van der Waals surface area contributed by atoms with E-state index < -0.39 is 18.0 Å². The fourth-order valence-corrected chi connectivity index (χ4v) is 3.23. The molecule has 0 fully saturated rings. The predicted molar refractivity (Wildman–Crippen MR) is 129 cm³/mol. The van der Waals surface area contributed by atoms with E-state index in [4.69, 9.17) is 4.74 Å². The Balaban J connectivity index is 1.63. The van der Waals surface area contributed by atoms with Crippen molar-refractivity contribution in [2.24, 2.45) is 5.92 Å². The van der Waals surface area contributed by atoms with Gasteiger partial charge in [0.2, 0.25) is 5.91 Å². The van der Waals surface area contributed by atoms with E-state index in [2.05, 4.69) is 21.0 Å². The summed E-state index contributed by atoms with van der Waals surface area (Å²) in [6, 6.07) is 17.0. The first kappa shape index (κ1) is 24.5. The minimum Gasteiger partial charge on any atom is -0.461 e. The lowest BCUT2D eigenvalue weighted by Crippen LogP contribution is -2.50. The first-order chi connectivity index (χ1) is 16.4. The molecule has 0 bridgehead atoms. The van der Waals surface area contributed by atoms with Crippen LogP contribution in [0.4, 0.5) is 10.5 Å². The summed E-state index contributed by atoms with van der Waals surface area (Å²) in [5.41, 5.74) is 2.35. The predicted octanol–water partition coefficient (Wildman–Crippen LogP) is 3.51. The maximum Gasteiger partial charge on any atom is 0.358 e. The first-order valence-corrected chi connectivity index (χ1v) is 11.1. The number of aromatic nitrogens is 2. The number of carbonyl (C=O) groups excluding carboxylic acids is 3. The summed E-state index contributed by atoms with van der Waals surface area (Å²) in [5, 5.41) is 12.6. The van der Waals surface area contributed by atoms with Crippen molar-refractivity contribution in [2.75, 3.05) is 11.9 Å². The Kier molecular flexibility index (Phi) is 8.39. The van der Waals surface area contributed by atoms with E-state index in [1.807, 2.05) is 44.2 Å². The Hall–Kier alpha value is -4.14. The number of esters is 1. The third-order valence-corrected chi connectivity index (χ3v) is 4.98. The number of hydrogen-bond donors (Lipinski definition) is 3. The van der Waals surface area contributed by atoms with Crippen LogP contribution >= 0.6 is 0 Å². The highest BCUT2D eigenvalue weighted by atomic mass is 16.5. The van der Waals surface area contributed by atoms with Crippen LogP contribution in [0.15, 0.2) is 66.9 Å². The number of anilines is 1. The summed E-state index contributed by atoms with van der Waals surface area (Å²) in [4.78, 5) is 37.2. The van der Waals surface area contributed by atoms with Crippen LogP contribution < -0.4 is 16.0 Å². The first-order valence-electron chi connectivity index (χ1n) is 11.1. The van der Waals surface area contributed by atoms with Crippen LogP contribution in [0.25, 0.3) is 5.69 Å². The number of nitrogens with one attached hydrogen (secondary N) is 3. The molecule has 1 heterocycles. The fourth-order valence-electron chi connectivity index (χ4n) is 3.23. The number of benzene rings is 2. The Morgan fingerprint density at radius 2 is 1.79 bits per heavy atom. The third-order valence-electron chi connectivity index (χ3n) is 4.98. The van der Waals surface area contributed by atoms with Gasteiger partial charge >= 0.3 is 12.0 Å². The zero-order valence-electron chi connectivity index (χ0n) is 19.4. The molecular formula is C25H29N5O4. The number of urea groups is 1. The van der Waals surface area contributed by atoms with E-state index in [0.29, 0.717) is 17.9 Å². The zero-order chi connectivity index (χ0) is 24.5. The normalized spacial score (nSPS) is 11.5. The minimum absolute atomic E-state index is 0.135. The molecule has 9 nitrogen and oxygen atoms in total. The Morgan fingerprint density at radius 1 is 1.03 bits per heavy atom. The molecule has 0 spiro atoms. The fraction of sp³-hybridized carbons (Fsp3) is 0.280. The minimum atomic E-state index is -0.737. The van der Waals surface area contributed by atoms with Crippen LogP contribution in [-0.2, 0) is 16.1 Å². The average molecular weight is 464 g/mol. The van der Waals surface area contributed by atoms with Gasteiger partial charge in [0, 0.05) is 18.4 Å². The molecule has 1 atom stereocenters. The lowest BCUT2D eigenvalue weighted by atomic mass is 10.0. The Morgan fingerprint density at radius 3 is 2.50 bits per heavy atom. The van der Waals surface area contributed by atoms with Gasteiger partial charge in [-0.25, -0.2) is 14.3 Å². The molecule has 0 saturated carbocycles. The summed E-state index contributed by atoms with van der Waals surface area (Å²) >= 11 is 0. The standard InChI is InChI=1S/C25H29N5O4/c1-4-34-24(32)21-13-14-30(29-21)20-12-8-11-19(15-20)27-23(31)22(17(2)3)28-25(33)26-16-18-9-6-5-7-10-18/h5-15,17,22H,4,16H2,1-3H3,(H,27,31)(H2,26,28,33). The highest BCUT2D eigenvalue weighted by molar-refractivity contribution is 5.97. The van der Waals surface area contributed by atoms with Gasteiger partial charge in [0.05, 0.1) is 12.3 Å². The number of amides is 3. The molecule has 3 amide bonds. The lowest BCUT2D eigenvalue weighted by Gasteiger charge is -2.22. The molecule has 2 aromatic carbocycles.